The molecule has 7 heteroatoms. The molecule has 1 saturated carbocycles. The van der Waals surface area contributed by atoms with Gasteiger partial charge in [-0.05, 0) is 67.7 Å². The van der Waals surface area contributed by atoms with E-state index in [4.69, 9.17) is 11.6 Å². The first kappa shape index (κ1) is 16.2. The average Bonchev–Trinajstić information content (AvgIpc) is 3.44. The van der Waals surface area contributed by atoms with Crippen molar-refractivity contribution in [2.24, 2.45) is 17.8 Å². The van der Waals surface area contributed by atoms with Crippen molar-refractivity contribution in [3.8, 4) is 11.3 Å². The van der Waals surface area contributed by atoms with E-state index in [9.17, 15) is 4.79 Å². The van der Waals surface area contributed by atoms with Crippen LogP contribution in [-0.2, 0) is 4.74 Å². The van der Waals surface area contributed by atoms with Crippen LogP contribution in [0, 0.1) is 17.8 Å². The van der Waals surface area contributed by atoms with Gasteiger partial charge in [0.25, 0.3) is 5.91 Å². The summed E-state index contributed by atoms with van der Waals surface area (Å²) >= 11 is 0. The number of carbonyl (C=O) groups excluding carboxylic acids is 1. The number of nitrogens with one attached hydrogen (secondary N) is 2. The Kier molecular flexibility index (Phi) is 4.82. The Labute approximate surface area is 197 Å². The molecule has 3 fully saturated rings. The fourth-order valence-corrected chi connectivity index (χ4v) is 5.24. The maximum absolute atomic E-state index is 12.0. The highest BCUT2D eigenvalue weighted by Crippen LogP contribution is 2.39. The third kappa shape index (κ3) is 4.79. The van der Waals surface area contributed by atoms with Crippen LogP contribution in [0.25, 0.3) is 11.3 Å². The summed E-state index contributed by atoms with van der Waals surface area (Å²) in [5, 5.41) is 14.1. The van der Waals surface area contributed by atoms with E-state index in [2.05, 4.69) is 20.4 Å². The van der Waals surface area contributed by atoms with Gasteiger partial charge in [-0.2, -0.15) is 0 Å². The first-order valence-electron chi connectivity index (χ1n) is 13.9. The lowest BCUT2D eigenvalue weighted by Gasteiger charge is -2.27. The zero-order valence-corrected chi connectivity index (χ0v) is 18.1. The van der Waals surface area contributed by atoms with Crippen molar-refractivity contribution < 1.29 is 16.4 Å². The summed E-state index contributed by atoms with van der Waals surface area (Å²) in [7, 11) is 0. The summed E-state index contributed by atoms with van der Waals surface area (Å²) in [6.45, 7) is -0.871. The summed E-state index contributed by atoms with van der Waals surface area (Å²) in [5.41, 5.74) is 1.69. The SMILES string of the molecule is [2H]C([2H])([2H])NC(=O)c1ccc(-c2ccc(NC3C[C@@H]4CN(C([2H])([2H])C5CCOCC5)C[C@@H]4C3)nn2)cc1. The van der Waals surface area contributed by atoms with Gasteiger partial charge in [0.15, 0.2) is 0 Å². The van der Waals surface area contributed by atoms with Crippen molar-refractivity contribution in [3.05, 3.63) is 42.0 Å². The lowest BCUT2D eigenvalue weighted by atomic mass is 10.00. The van der Waals surface area contributed by atoms with Crippen LogP contribution in [0.2, 0.25) is 0 Å². The van der Waals surface area contributed by atoms with Gasteiger partial charge in [-0.25, -0.2) is 0 Å². The molecule has 0 spiro atoms. The normalized spacial score (nSPS) is 29.2. The van der Waals surface area contributed by atoms with Crippen molar-refractivity contribution >= 4 is 11.7 Å². The molecule has 5 rings (SSSR count). The number of amides is 1. The molecular formula is C25H33N5O2. The van der Waals surface area contributed by atoms with E-state index in [1.165, 1.54) is 0 Å². The van der Waals surface area contributed by atoms with E-state index in [0.717, 1.165) is 44.3 Å². The Bertz CT molecular complexity index is 1080. The number of likely N-dealkylation sites (tertiary alicyclic amines) is 1. The highest BCUT2D eigenvalue weighted by Gasteiger charge is 2.41. The molecule has 2 aliphatic heterocycles. The number of anilines is 1. The highest BCUT2D eigenvalue weighted by atomic mass is 16.5. The van der Waals surface area contributed by atoms with E-state index in [0.29, 0.717) is 42.6 Å². The molecule has 2 saturated heterocycles. The van der Waals surface area contributed by atoms with Crippen LogP contribution in [0.4, 0.5) is 5.82 Å². The summed E-state index contributed by atoms with van der Waals surface area (Å²) in [6, 6.07) is 10.6. The summed E-state index contributed by atoms with van der Waals surface area (Å²) in [4.78, 5) is 14.1. The number of aromatic nitrogens is 2. The monoisotopic (exact) mass is 440 g/mol. The van der Waals surface area contributed by atoms with E-state index in [-0.39, 0.29) is 11.5 Å². The zero-order chi connectivity index (χ0) is 26.2. The molecule has 0 radical (unpaired) electrons. The highest BCUT2D eigenvalue weighted by molar-refractivity contribution is 5.94. The minimum absolute atomic E-state index is 0.0466. The lowest BCUT2D eigenvalue weighted by Crippen LogP contribution is -2.32. The molecule has 7 nitrogen and oxygen atoms in total. The molecule has 32 heavy (non-hydrogen) atoms. The number of hydrogen-bond acceptors (Lipinski definition) is 6. The summed E-state index contributed by atoms with van der Waals surface area (Å²) in [6.07, 6.45) is 3.58. The summed E-state index contributed by atoms with van der Waals surface area (Å²) in [5.74, 6) is 1.07. The first-order valence-corrected chi connectivity index (χ1v) is 11.4. The smallest absolute Gasteiger partial charge is 0.251 e. The quantitative estimate of drug-likeness (QED) is 0.719. The van der Waals surface area contributed by atoms with Gasteiger partial charge in [0, 0.05) is 63.8 Å². The van der Waals surface area contributed by atoms with E-state index in [1.807, 2.05) is 17.4 Å². The first-order chi connectivity index (χ1) is 17.6. The van der Waals surface area contributed by atoms with Gasteiger partial charge in [0.2, 0.25) is 0 Å². The Hall–Kier alpha value is -2.51. The largest absolute Gasteiger partial charge is 0.381 e. The second-order valence-corrected chi connectivity index (χ2v) is 9.09. The third-order valence-electron chi connectivity index (χ3n) is 6.91. The number of fused-ring (bicyclic) bond motifs is 1. The molecule has 1 aromatic heterocycles. The molecule has 2 aromatic rings. The number of benzene rings is 1. The van der Waals surface area contributed by atoms with Crippen LogP contribution < -0.4 is 10.6 Å². The van der Waals surface area contributed by atoms with Crippen molar-refractivity contribution in [1.29, 1.82) is 0 Å². The Morgan fingerprint density at radius 2 is 1.88 bits per heavy atom. The number of rotatable bonds is 6. The van der Waals surface area contributed by atoms with Gasteiger partial charge >= 0.3 is 0 Å². The van der Waals surface area contributed by atoms with E-state index < -0.39 is 19.4 Å². The average molecular weight is 441 g/mol. The maximum Gasteiger partial charge on any atom is 0.251 e. The van der Waals surface area contributed by atoms with Crippen LogP contribution in [0.5, 0.6) is 0 Å². The topological polar surface area (TPSA) is 79.4 Å². The van der Waals surface area contributed by atoms with Crippen LogP contribution >= 0.6 is 0 Å². The number of carbonyl (C=O) groups is 1. The van der Waals surface area contributed by atoms with Crippen molar-refractivity contribution in [2.75, 3.05) is 45.1 Å². The Morgan fingerprint density at radius 3 is 2.53 bits per heavy atom. The van der Waals surface area contributed by atoms with Gasteiger partial charge in [-0.15, -0.1) is 10.2 Å². The second kappa shape index (κ2) is 9.55. The van der Waals surface area contributed by atoms with Crippen LogP contribution in [0.3, 0.4) is 0 Å². The minimum atomic E-state index is -2.53. The fraction of sp³-hybridized carbons (Fsp3) is 0.560. The number of ether oxygens (including phenoxy) is 1. The van der Waals surface area contributed by atoms with Gasteiger partial charge in [0.1, 0.15) is 5.82 Å². The van der Waals surface area contributed by atoms with Crippen molar-refractivity contribution in [2.45, 2.75) is 31.7 Å². The maximum atomic E-state index is 12.0. The van der Waals surface area contributed by atoms with Crippen molar-refractivity contribution in [1.82, 2.24) is 20.4 Å². The second-order valence-electron chi connectivity index (χ2n) is 9.09. The fourth-order valence-electron chi connectivity index (χ4n) is 5.24. The predicted octanol–water partition coefficient (Wildman–Crippen LogP) is 3.05. The van der Waals surface area contributed by atoms with Crippen LogP contribution in [0.1, 0.15) is 42.9 Å². The molecule has 1 amide bonds. The molecule has 2 N–H and O–H groups in total. The van der Waals surface area contributed by atoms with Gasteiger partial charge in [-0.3, -0.25) is 4.79 Å². The molecule has 1 aliphatic carbocycles. The van der Waals surface area contributed by atoms with Gasteiger partial charge in [-0.1, -0.05) is 12.1 Å². The number of hydrogen-bond donors (Lipinski definition) is 2. The molecule has 3 atom stereocenters. The predicted molar refractivity (Wildman–Crippen MR) is 124 cm³/mol. The zero-order valence-electron chi connectivity index (χ0n) is 23.1. The van der Waals surface area contributed by atoms with E-state index in [1.54, 1.807) is 24.3 Å². The van der Waals surface area contributed by atoms with Crippen LogP contribution in [-0.4, -0.2) is 66.8 Å². The lowest BCUT2D eigenvalue weighted by molar-refractivity contribution is 0.0545. The standard InChI is InChI=1S/C25H33N5O2/c1-26-25(31)19-4-2-18(3-5-19)23-6-7-24(29-28-23)27-22-12-20-15-30(16-21(20)13-22)14-17-8-10-32-11-9-17/h2-7,17,20-22H,8-16H2,1H3,(H,26,31)(H,27,29)/t20-,21+,22?/i1D3,14D2. The van der Waals surface area contributed by atoms with Crippen molar-refractivity contribution in [3.63, 3.8) is 0 Å². The Morgan fingerprint density at radius 1 is 1.12 bits per heavy atom. The molecule has 170 valence electrons. The molecule has 0 bridgehead atoms. The number of nitrogens with zero attached hydrogens (tertiary/aromatic N) is 3. The minimum Gasteiger partial charge on any atom is -0.381 e. The van der Waals surface area contributed by atoms with Gasteiger partial charge in [0.05, 0.1) is 5.69 Å². The Balaban J connectivity index is 1.13. The molecule has 3 heterocycles. The van der Waals surface area contributed by atoms with Gasteiger partial charge < -0.3 is 20.3 Å². The summed E-state index contributed by atoms with van der Waals surface area (Å²) < 4.78 is 44.4. The van der Waals surface area contributed by atoms with Crippen LogP contribution in [0.15, 0.2) is 36.4 Å². The van der Waals surface area contributed by atoms with E-state index >= 15 is 0 Å². The third-order valence-corrected chi connectivity index (χ3v) is 6.91. The molecular weight excluding hydrogens is 402 g/mol. The molecule has 1 aromatic carbocycles. The molecule has 3 aliphatic rings. The molecule has 1 unspecified atom stereocenters.